The number of ether oxygens (including phenoxy) is 3. The molecule has 0 amide bonds. The summed E-state index contributed by atoms with van der Waals surface area (Å²) < 4.78 is 17.2. The van der Waals surface area contributed by atoms with Crippen molar-refractivity contribution < 1.29 is 23.8 Å². The number of allylic oxidation sites excluding steroid dienone is 10. The first-order chi connectivity index (χ1) is 26.6. The number of unbranched alkanes of at least 4 members (excludes halogenated alkanes) is 20. The second-order valence-corrected chi connectivity index (χ2v) is 14.9. The van der Waals surface area contributed by atoms with Crippen molar-refractivity contribution in [2.75, 3.05) is 19.8 Å². The van der Waals surface area contributed by atoms with E-state index in [1.807, 2.05) is 0 Å². The molecule has 0 spiro atoms. The van der Waals surface area contributed by atoms with Crippen LogP contribution in [0.25, 0.3) is 0 Å². The summed E-state index contributed by atoms with van der Waals surface area (Å²) in [5.74, 6) is -0.422. The molecule has 0 fully saturated rings. The molecule has 0 saturated carbocycles. The number of rotatable bonds is 41. The Bertz CT molecular complexity index is 946. The van der Waals surface area contributed by atoms with Gasteiger partial charge < -0.3 is 14.2 Å². The van der Waals surface area contributed by atoms with Crippen molar-refractivity contribution in [1.82, 2.24) is 0 Å². The molecule has 0 radical (unpaired) electrons. The Balaban J connectivity index is 4.10. The fourth-order valence-electron chi connectivity index (χ4n) is 6.18. The number of hydrogen-bond acceptors (Lipinski definition) is 5. The van der Waals surface area contributed by atoms with Crippen LogP contribution in [0.3, 0.4) is 0 Å². The minimum Gasteiger partial charge on any atom is -0.462 e. The van der Waals surface area contributed by atoms with E-state index in [2.05, 4.69) is 81.5 Å². The lowest BCUT2D eigenvalue weighted by atomic mass is 10.0. The van der Waals surface area contributed by atoms with E-state index in [0.29, 0.717) is 19.4 Å². The molecular weight excluding hydrogens is 669 g/mol. The highest BCUT2D eigenvalue weighted by atomic mass is 16.6. The first-order valence-corrected chi connectivity index (χ1v) is 22.8. The van der Waals surface area contributed by atoms with Crippen molar-refractivity contribution in [1.29, 1.82) is 0 Å². The number of carbonyl (C=O) groups is 2. The van der Waals surface area contributed by atoms with Crippen molar-refractivity contribution in [3.63, 3.8) is 0 Å². The van der Waals surface area contributed by atoms with Gasteiger partial charge in [0.05, 0.1) is 6.61 Å². The Morgan fingerprint density at radius 3 is 1.33 bits per heavy atom. The van der Waals surface area contributed by atoms with Gasteiger partial charge in [0.15, 0.2) is 6.10 Å². The lowest BCUT2D eigenvalue weighted by Gasteiger charge is -2.18. The fraction of sp³-hybridized carbons (Fsp3) is 0.755. The molecule has 0 heterocycles. The highest BCUT2D eigenvalue weighted by Crippen LogP contribution is 2.14. The SMILES string of the molecule is CC/C=C\C/C=C\C/C=C\C/C=C\C/C=C\CCCCCCOCC(COC(=O)CCCCCCCCCCCCCCC)OC(=O)CCCCCCC. The van der Waals surface area contributed by atoms with Crippen LogP contribution in [0.4, 0.5) is 0 Å². The van der Waals surface area contributed by atoms with E-state index < -0.39 is 6.10 Å². The lowest BCUT2D eigenvalue weighted by Crippen LogP contribution is -2.30. The highest BCUT2D eigenvalue weighted by molar-refractivity contribution is 5.70. The Hall–Kier alpha value is -2.40. The summed E-state index contributed by atoms with van der Waals surface area (Å²) in [5, 5.41) is 0. The van der Waals surface area contributed by atoms with Gasteiger partial charge in [0.1, 0.15) is 6.61 Å². The predicted octanol–water partition coefficient (Wildman–Crippen LogP) is 15.0. The van der Waals surface area contributed by atoms with Crippen LogP contribution >= 0.6 is 0 Å². The smallest absolute Gasteiger partial charge is 0.306 e. The third kappa shape index (κ3) is 42.3. The summed E-state index contributed by atoms with van der Waals surface area (Å²) in [6.45, 7) is 7.59. The van der Waals surface area contributed by atoms with Gasteiger partial charge in [0.2, 0.25) is 0 Å². The van der Waals surface area contributed by atoms with Crippen molar-refractivity contribution in [2.45, 2.75) is 219 Å². The summed E-state index contributed by atoms with van der Waals surface area (Å²) >= 11 is 0. The van der Waals surface area contributed by atoms with Crippen molar-refractivity contribution in [3.8, 4) is 0 Å². The first kappa shape index (κ1) is 51.6. The summed E-state index contributed by atoms with van der Waals surface area (Å²) in [6.07, 6.45) is 55.3. The summed E-state index contributed by atoms with van der Waals surface area (Å²) in [5.41, 5.74) is 0. The van der Waals surface area contributed by atoms with Crippen LogP contribution in [0.2, 0.25) is 0 Å². The van der Waals surface area contributed by atoms with Gasteiger partial charge in [-0.05, 0) is 64.2 Å². The van der Waals surface area contributed by atoms with E-state index in [1.165, 1.54) is 96.3 Å². The van der Waals surface area contributed by atoms with Gasteiger partial charge >= 0.3 is 11.9 Å². The minimum atomic E-state index is -0.543. The quantitative estimate of drug-likeness (QED) is 0.0353. The van der Waals surface area contributed by atoms with E-state index >= 15 is 0 Å². The molecular formula is C49H86O5. The molecule has 1 unspecified atom stereocenters. The molecule has 5 nitrogen and oxygen atoms in total. The molecule has 0 bridgehead atoms. The zero-order chi connectivity index (χ0) is 39.3. The summed E-state index contributed by atoms with van der Waals surface area (Å²) in [4.78, 5) is 25.0. The van der Waals surface area contributed by atoms with E-state index in [9.17, 15) is 9.59 Å². The van der Waals surface area contributed by atoms with Crippen molar-refractivity contribution in [3.05, 3.63) is 60.8 Å². The molecule has 0 aromatic carbocycles. The van der Waals surface area contributed by atoms with Crippen molar-refractivity contribution in [2.24, 2.45) is 0 Å². The molecule has 0 aliphatic carbocycles. The minimum absolute atomic E-state index is 0.0755. The Kier molecular flexibility index (Phi) is 43.0. The van der Waals surface area contributed by atoms with Gasteiger partial charge in [-0.2, -0.15) is 0 Å². The van der Waals surface area contributed by atoms with Crippen molar-refractivity contribution >= 4 is 11.9 Å². The summed E-state index contributed by atoms with van der Waals surface area (Å²) in [6, 6.07) is 0. The topological polar surface area (TPSA) is 61.8 Å². The molecule has 1 atom stereocenters. The van der Waals surface area contributed by atoms with Gasteiger partial charge in [-0.3, -0.25) is 9.59 Å². The standard InChI is InChI=1S/C49H86O5/c1-4-7-10-13-15-17-19-21-22-23-24-25-26-27-29-31-33-35-38-41-44-52-45-47(54-49(51)43-40-36-12-9-6-3)46-53-48(50)42-39-37-34-32-30-28-20-18-16-14-11-8-5-2/h7,10,15,17,21-22,24-25,27,29,47H,4-6,8-9,11-14,16,18-20,23,26,28,30-46H2,1-3H3/b10-7-,17-15-,22-21-,25-24-,29-27-. The number of carbonyl (C=O) groups excluding carboxylic acids is 2. The second kappa shape index (κ2) is 45.0. The van der Waals surface area contributed by atoms with E-state index in [4.69, 9.17) is 14.2 Å². The predicted molar refractivity (Wildman–Crippen MR) is 233 cm³/mol. The number of hydrogen-bond donors (Lipinski definition) is 0. The molecule has 54 heavy (non-hydrogen) atoms. The Morgan fingerprint density at radius 1 is 0.426 bits per heavy atom. The monoisotopic (exact) mass is 755 g/mol. The molecule has 0 aliphatic rings. The third-order valence-electron chi connectivity index (χ3n) is 9.57. The Labute approximate surface area is 334 Å². The largest absolute Gasteiger partial charge is 0.462 e. The normalized spacial score (nSPS) is 12.7. The van der Waals surface area contributed by atoms with E-state index in [0.717, 1.165) is 83.5 Å². The van der Waals surface area contributed by atoms with Crippen LogP contribution < -0.4 is 0 Å². The van der Waals surface area contributed by atoms with Gasteiger partial charge in [-0.15, -0.1) is 0 Å². The maximum absolute atomic E-state index is 12.5. The highest BCUT2D eigenvalue weighted by Gasteiger charge is 2.17. The van der Waals surface area contributed by atoms with Gasteiger partial charge in [-0.1, -0.05) is 197 Å². The van der Waals surface area contributed by atoms with E-state index in [1.54, 1.807) is 0 Å². The van der Waals surface area contributed by atoms with Crippen LogP contribution in [0.5, 0.6) is 0 Å². The summed E-state index contributed by atoms with van der Waals surface area (Å²) in [7, 11) is 0. The average Bonchev–Trinajstić information content (AvgIpc) is 3.17. The molecule has 312 valence electrons. The van der Waals surface area contributed by atoms with Crippen LogP contribution in [-0.2, 0) is 23.8 Å². The zero-order valence-electron chi connectivity index (χ0n) is 35.7. The van der Waals surface area contributed by atoms with Gasteiger partial charge in [0, 0.05) is 19.4 Å². The van der Waals surface area contributed by atoms with E-state index in [-0.39, 0.29) is 25.2 Å². The molecule has 0 rings (SSSR count). The molecule has 0 aromatic heterocycles. The Morgan fingerprint density at radius 2 is 0.833 bits per heavy atom. The molecule has 0 saturated heterocycles. The van der Waals surface area contributed by atoms with Gasteiger partial charge in [0.25, 0.3) is 0 Å². The number of esters is 2. The third-order valence-corrected chi connectivity index (χ3v) is 9.57. The fourth-order valence-corrected chi connectivity index (χ4v) is 6.18. The molecule has 0 aromatic rings. The zero-order valence-corrected chi connectivity index (χ0v) is 35.7. The molecule has 0 aliphatic heterocycles. The van der Waals surface area contributed by atoms with Crippen LogP contribution in [-0.4, -0.2) is 37.9 Å². The first-order valence-electron chi connectivity index (χ1n) is 22.8. The maximum Gasteiger partial charge on any atom is 0.306 e. The lowest BCUT2D eigenvalue weighted by molar-refractivity contribution is -0.163. The maximum atomic E-state index is 12.5. The van der Waals surface area contributed by atoms with Crippen LogP contribution in [0, 0.1) is 0 Å². The molecule has 5 heteroatoms. The van der Waals surface area contributed by atoms with Crippen LogP contribution in [0.15, 0.2) is 60.8 Å². The average molecular weight is 755 g/mol. The van der Waals surface area contributed by atoms with Crippen LogP contribution in [0.1, 0.15) is 213 Å². The molecule has 0 N–H and O–H groups in total. The van der Waals surface area contributed by atoms with Gasteiger partial charge in [-0.25, -0.2) is 0 Å². The second-order valence-electron chi connectivity index (χ2n) is 14.9.